The van der Waals surface area contributed by atoms with Crippen LogP contribution in [-0.4, -0.2) is 30.9 Å². The summed E-state index contributed by atoms with van der Waals surface area (Å²) in [5.41, 5.74) is 1.92. The lowest BCUT2D eigenvalue weighted by Gasteiger charge is -2.33. The zero-order valence-corrected chi connectivity index (χ0v) is 21.6. The smallest absolute Gasteiger partial charge is 0.337 e. The maximum absolute atomic E-state index is 13.8. The van der Waals surface area contributed by atoms with Gasteiger partial charge in [-0.1, -0.05) is 25.3 Å². The molecule has 2 amide bonds. The molecule has 35 heavy (non-hydrogen) atoms. The highest BCUT2D eigenvalue weighted by Gasteiger charge is 2.35. The van der Waals surface area contributed by atoms with Crippen LogP contribution in [0.25, 0.3) is 0 Å². The van der Waals surface area contributed by atoms with Crippen LogP contribution in [0.15, 0.2) is 53.2 Å². The zero-order valence-electron chi connectivity index (χ0n) is 20.0. The van der Waals surface area contributed by atoms with Gasteiger partial charge >= 0.3 is 5.97 Å². The minimum absolute atomic E-state index is 0.120. The first-order valence-electron chi connectivity index (χ1n) is 11.8. The number of hydrogen-bond donors (Lipinski definition) is 1. The van der Waals surface area contributed by atoms with Gasteiger partial charge in [-0.25, -0.2) is 4.79 Å². The molecule has 0 spiro atoms. The van der Waals surface area contributed by atoms with Crippen molar-refractivity contribution in [3.05, 3.63) is 74.1 Å². The molecular weight excluding hydrogens is 480 g/mol. The quantitative estimate of drug-likeness (QED) is 0.396. The Morgan fingerprint density at radius 2 is 1.77 bits per heavy atom. The van der Waals surface area contributed by atoms with Crippen molar-refractivity contribution in [3.63, 3.8) is 0 Å². The number of carbonyl (C=O) groups is 3. The van der Waals surface area contributed by atoms with Gasteiger partial charge < -0.3 is 10.1 Å². The summed E-state index contributed by atoms with van der Waals surface area (Å²) >= 11 is 3.00. The van der Waals surface area contributed by atoms with E-state index in [1.54, 1.807) is 29.2 Å². The van der Waals surface area contributed by atoms with Crippen molar-refractivity contribution in [2.24, 2.45) is 0 Å². The molecule has 1 atom stereocenters. The topological polar surface area (TPSA) is 75.7 Å². The number of benzene rings is 1. The first-order chi connectivity index (χ1) is 17.0. The molecule has 3 aromatic rings. The predicted molar refractivity (Wildman–Crippen MR) is 140 cm³/mol. The number of methoxy groups -OCH3 is 1. The molecule has 0 unspecified atom stereocenters. The third-order valence-electron chi connectivity index (χ3n) is 6.35. The summed E-state index contributed by atoms with van der Waals surface area (Å²) < 4.78 is 4.82. The minimum Gasteiger partial charge on any atom is -0.465 e. The van der Waals surface area contributed by atoms with E-state index < -0.39 is 12.0 Å². The van der Waals surface area contributed by atoms with Gasteiger partial charge in [0.25, 0.3) is 0 Å². The number of esters is 1. The van der Waals surface area contributed by atoms with E-state index in [4.69, 9.17) is 4.74 Å². The molecule has 0 radical (unpaired) electrons. The van der Waals surface area contributed by atoms with Gasteiger partial charge in [-0.15, -0.1) is 22.7 Å². The number of hydrogen-bond acceptors (Lipinski definition) is 6. The number of nitrogens with one attached hydrogen (secondary N) is 1. The molecule has 6 nitrogen and oxygen atoms in total. The van der Waals surface area contributed by atoms with Gasteiger partial charge in [-0.3, -0.25) is 14.5 Å². The number of carbonyl (C=O) groups excluding carboxylic acids is 3. The lowest BCUT2D eigenvalue weighted by atomic mass is 9.95. The van der Waals surface area contributed by atoms with E-state index in [0.717, 1.165) is 41.0 Å². The van der Waals surface area contributed by atoms with Crippen molar-refractivity contribution >= 4 is 46.1 Å². The third-order valence-corrected chi connectivity index (χ3v) is 8.30. The molecule has 1 saturated carbocycles. The molecule has 0 aliphatic heterocycles. The van der Waals surface area contributed by atoms with E-state index in [0.29, 0.717) is 11.3 Å². The summed E-state index contributed by atoms with van der Waals surface area (Å²) in [4.78, 5) is 43.0. The number of amides is 2. The van der Waals surface area contributed by atoms with Crippen molar-refractivity contribution in [2.45, 2.75) is 57.5 Å². The highest BCUT2D eigenvalue weighted by molar-refractivity contribution is 7.10. The Balaban J connectivity index is 1.74. The Morgan fingerprint density at radius 3 is 2.37 bits per heavy atom. The van der Waals surface area contributed by atoms with Gasteiger partial charge in [0, 0.05) is 21.5 Å². The van der Waals surface area contributed by atoms with Crippen LogP contribution in [0.4, 0.5) is 5.69 Å². The molecule has 184 valence electrons. The van der Waals surface area contributed by atoms with Gasteiger partial charge in [0.2, 0.25) is 11.8 Å². The fraction of sp³-hybridized carbons (Fsp3) is 0.370. The first-order valence-corrected chi connectivity index (χ1v) is 13.6. The maximum atomic E-state index is 13.8. The largest absolute Gasteiger partial charge is 0.465 e. The van der Waals surface area contributed by atoms with Crippen LogP contribution >= 0.6 is 22.7 Å². The second-order valence-corrected chi connectivity index (χ2v) is 10.8. The van der Waals surface area contributed by atoms with E-state index in [9.17, 15) is 14.4 Å². The monoisotopic (exact) mass is 510 g/mol. The zero-order chi connectivity index (χ0) is 24.8. The van der Waals surface area contributed by atoms with Crippen LogP contribution in [-0.2, 0) is 20.7 Å². The number of anilines is 1. The molecule has 1 fully saturated rings. The van der Waals surface area contributed by atoms with Crippen LogP contribution in [0.3, 0.4) is 0 Å². The van der Waals surface area contributed by atoms with Gasteiger partial charge in [-0.05, 0) is 72.5 Å². The lowest BCUT2D eigenvalue weighted by molar-refractivity contribution is -0.127. The SMILES string of the molecule is COC(=O)c1ccc(N(C(=O)Cc2cccs2)[C@@H](C(=O)NC2CCCCC2)c2sccc2C)cc1. The van der Waals surface area contributed by atoms with Crippen LogP contribution in [0, 0.1) is 6.92 Å². The number of aryl methyl sites for hydroxylation is 1. The summed E-state index contributed by atoms with van der Waals surface area (Å²) in [6.07, 6.45) is 5.50. The Kier molecular flexibility index (Phi) is 8.36. The second-order valence-electron chi connectivity index (χ2n) is 8.77. The molecule has 1 aromatic carbocycles. The molecular formula is C27H30N2O4S2. The van der Waals surface area contributed by atoms with Crippen LogP contribution in [0.1, 0.15) is 63.8 Å². The fourth-order valence-electron chi connectivity index (χ4n) is 4.51. The average Bonchev–Trinajstić information content (AvgIpc) is 3.54. The standard InChI is InChI=1S/C27H30N2O4S2/c1-18-14-16-35-25(18)24(26(31)28-20-7-4-3-5-8-20)29(23(30)17-22-9-6-15-34-22)21-12-10-19(11-13-21)27(32)33-2/h6,9-16,20,24H,3-5,7-8,17H2,1-2H3,(H,28,31)/t24-/m1/s1. The molecule has 2 aromatic heterocycles. The molecule has 2 heterocycles. The van der Waals surface area contributed by atoms with Crippen LogP contribution < -0.4 is 10.2 Å². The molecule has 4 rings (SSSR count). The second kappa shape index (κ2) is 11.6. The van der Waals surface area contributed by atoms with Crippen molar-refractivity contribution < 1.29 is 19.1 Å². The Hall–Kier alpha value is -2.97. The third kappa shape index (κ3) is 6.00. The van der Waals surface area contributed by atoms with Gasteiger partial charge in [-0.2, -0.15) is 0 Å². The maximum Gasteiger partial charge on any atom is 0.337 e. The first kappa shape index (κ1) is 25.1. The number of nitrogens with zero attached hydrogens (tertiary/aromatic N) is 1. The van der Waals surface area contributed by atoms with E-state index >= 15 is 0 Å². The molecule has 1 N–H and O–H groups in total. The molecule has 1 aliphatic carbocycles. The molecule has 1 aliphatic rings. The molecule has 0 saturated heterocycles. The normalized spacial score (nSPS) is 14.8. The summed E-state index contributed by atoms with van der Waals surface area (Å²) in [7, 11) is 1.33. The van der Waals surface area contributed by atoms with Gasteiger partial charge in [0.15, 0.2) is 0 Å². The highest BCUT2D eigenvalue weighted by Crippen LogP contribution is 2.34. The molecule has 0 bridgehead atoms. The van der Waals surface area contributed by atoms with Crippen molar-refractivity contribution in [3.8, 4) is 0 Å². The average molecular weight is 511 g/mol. The Bertz CT molecular complexity index is 1150. The van der Waals surface area contributed by atoms with Gasteiger partial charge in [0.05, 0.1) is 19.1 Å². The predicted octanol–water partition coefficient (Wildman–Crippen LogP) is 5.67. The number of thiophene rings is 2. The van der Waals surface area contributed by atoms with Crippen molar-refractivity contribution in [1.29, 1.82) is 0 Å². The summed E-state index contributed by atoms with van der Waals surface area (Å²) in [6.45, 7) is 1.97. The van der Waals surface area contributed by atoms with E-state index in [-0.39, 0.29) is 24.3 Å². The summed E-state index contributed by atoms with van der Waals surface area (Å²) in [6, 6.07) is 11.8. The summed E-state index contributed by atoms with van der Waals surface area (Å²) in [5, 5.41) is 7.13. The van der Waals surface area contributed by atoms with Crippen molar-refractivity contribution in [2.75, 3.05) is 12.0 Å². The van der Waals surface area contributed by atoms with Crippen LogP contribution in [0.5, 0.6) is 0 Å². The summed E-state index contributed by atoms with van der Waals surface area (Å²) in [5.74, 6) is -0.789. The molecule has 8 heteroatoms. The Morgan fingerprint density at radius 1 is 1.03 bits per heavy atom. The van der Waals surface area contributed by atoms with Crippen molar-refractivity contribution in [1.82, 2.24) is 5.32 Å². The lowest BCUT2D eigenvalue weighted by Crippen LogP contribution is -2.47. The van der Waals surface area contributed by atoms with E-state index in [1.165, 1.54) is 36.2 Å². The minimum atomic E-state index is -0.798. The van der Waals surface area contributed by atoms with E-state index in [1.807, 2.05) is 35.9 Å². The Labute approximate surface area is 213 Å². The highest BCUT2D eigenvalue weighted by atomic mass is 32.1. The number of ether oxygens (including phenoxy) is 1. The number of rotatable bonds is 8. The van der Waals surface area contributed by atoms with Gasteiger partial charge in [0.1, 0.15) is 6.04 Å². The van der Waals surface area contributed by atoms with E-state index in [2.05, 4.69) is 5.32 Å². The fourth-order valence-corrected chi connectivity index (χ4v) is 6.22. The van der Waals surface area contributed by atoms with Crippen LogP contribution in [0.2, 0.25) is 0 Å².